The third-order valence-corrected chi connectivity index (χ3v) is 4.03. The van der Waals surface area contributed by atoms with Crippen LogP contribution in [0.25, 0.3) is 0 Å². The smallest absolute Gasteiger partial charge is 0.231 e. The Labute approximate surface area is 117 Å². The maximum Gasteiger partial charge on any atom is 0.231 e. The first-order valence-electron chi connectivity index (χ1n) is 5.58. The number of rotatable bonds is 4. The molecule has 1 amide bonds. The van der Waals surface area contributed by atoms with Gasteiger partial charge in [-0.15, -0.1) is 0 Å². The van der Waals surface area contributed by atoms with Gasteiger partial charge in [0.1, 0.15) is 18.3 Å². The van der Waals surface area contributed by atoms with Crippen LogP contribution in [0, 0.1) is 0 Å². The zero-order valence-electron chi connectivity index (χ0n) is 9.94. The number of ether oxygens (including phenoxy) is 1. The number of carbonyl (C=O) groups is 1. The molecular formula is C12H14BrNO3S. The van der Waals surface area contributed by atoms with Crippen molar-refractivity contribution in [1.82, 2.24) is 5.32 Å². The van der Waals surface area contributed by atoms with E-state index >= 15 is 0 Å². The van der Waals surface area contributed by atoms with Crippen LogP contribution in [0.5, 0.6) is 5.75 Å². The summed E-state index contributed by atoms with van der Waals surface area (Å²) in [6.45, 7) is 0.800. The van der Waals surface area contributed by atoms with Gasteiger partial charge in [0.15, 0.2) is 0 Å². The number of amides is 1. The molecule has 1 heterocycles. The molecule has 0 fully saturated rings. The van der Waals surface area contributed by atoms with Crippen molar-refractivity contribution in [1.29, 1.82) is 0 Å². The minimum absolute atomic E-state index is 0.0719. The van der Waals surface area contributed by atoms with Crippen LogP contribution in [0.4, 0.5) is 0 Å². The first-order chi connectivity index (χ1) is 8.58. The molecule has 0 aromatic heterocycles. The fourth-order valence-electron chi connectivity index (χ4n) is 1.84. The Bertz CT molecular complexity index is 492. The van der Waals surface area contributed by atoms with Gasteiger partial charge in [-0.3, -0.25) is 9.00 Å². The molecule has 0 aliphatic carbocycles. The van der Waals surface area contributed by atoms with Gasteiger partial charge in [0.25, 0.3) is 0 Å². The largest absolute Gasteiger partial charge is 0.492 e. The van der Waals surface area contributed by atoms with Gasteiger partial charge in [0.05, 0.1) is 0 Å². The summed E-state index contributed by atoms with van der Waals surface area (Å²) in [6, 6.07) is 5.65. The molecule has 0 unspecified atom stereocenters. The van der Waals surface area contributed by atoms with E-state index in [-0.39, 0.29) is 11.8 Å². The fourth-order valence-corrected chi connectivity index (χ4v) is 2.61. The molecule has 1 aromatic carbocycles. The van der Waals surface area contributed by atoms with Crippen LogP contribution < -0.4 is 10.1 Å². The fraction of sp³-hybridized carbons (Fsp3) is 0.417. The molecule has 0 saturated heterocycles. The number of carbonyl (C=O) groups excluding carboxylic acids is 1. The monoisotopic (exact) mass is 331 g/mol. The van der Waals surface area contributed by atoms with E-state index in [9.17, 15) is 9.00 Å². The normalized spacial score (nSPS) is 18.9. The first kappa shape index (κ1) is 13.5. The van der Waals surface area contributed by atoms with Gasteiger partial charge in [0.2, 0.25) is 5.91 Å². The van der Waals surface area contributed by atoms with E-state index in [1.165, 1.54) is 0 Å². The van der Waals surface area contributed by atoms with Crippen LogP contribution in [0.2, 0.25) is 0 Å². The van der Waals surface area contributed by atoms with Crippen molar-refractivity contribution in [3.05, 3.63) is 28.2 Å². The number of halogens is 1. The van der Waals surface area contributed by atoms with Gasteiger partial charge >= 0.3 is 0 Å². The molecule has 0 saturated carbocycles. The Balaban J connectivity index is 2.02. The highest BCUT2D eigenvalue weighted by Crippen LogP contribution is 2.35. The average molecular weight is 332 g/mol. The second-order valence-corrected chi connectivity index (χ2v) is 6.58. The summed E-state index contributed by atoms with van der Waals surface area (Å²) >= 11 is 3.39. The van der Waals surface area contributed by atoms with E-state index < -0.39 is 10.8 Å². The molecule has 98 valence electrons. The van der Waals surface area contributed by atoms with Crippen molar-refractivity contribution in [2.45, 2.75) is 5.92 Å². The molecule has 0 bridgehead atoms. The Morgan fingerprint density at radius 2 is 2.39 bits per heavy atom. The molecule has 0 radical (unpaired) electrons. The van der Waals surface area contributed by atoms with Crippen LogP contribution in [0.1, 0.15) is 11.5 Å². The summed E-state index contributed by atoms with van der Waals surface area (Å²) in [6.07, 6.45) is 1.62. The second-order valence-electron chi connectivity index (χ2n) is 4.11. The molecule has 1 aliphatic rings. The Kier molecular flexibility index (Phi) is 4.40. The van der Waals surface area contributed by atoms with Gasteiger partial charge < -0.3 is 10.1 Å². The van der Waals surface area contributed by atoms with Crippen molar-refractivity contribution in [2.24, 2.45) is 0 Å². The first-order valence-corrected chi connectivity index (χ1v) is 8.10. The highest BCUT2D eigenvalue weighted by molar-refractivity contribution is 9.10. The van der Waals surface area contributed by atoms with E-state index in [0.29, 0.717) is 18.9 Å². The molecule has 6 heteroatoms. The van der Waals surface area contributed by atoms with Crippen LogP contribution >= 0.6 is 15.9 Å². The predicted octanol–water partition coefficient (Wildman–Crippen LogP) is 1.42. The van der Waals surface area contributed by atoms with Gasteiger partial charge in [-0.05, 0) is 18.2 Å². The quantitative estimate of drug-likeness (QED) is 0.907. The lowest BCUT2D eigenvalue weighted by Crippen LogP contribution is -2.32. The predicted molar refractivity (Wildman–Crippen MR) is 74.3 cm³/mol. The molecular weight excluding hydrogens is 318 g/mol. The standard InChI is InChI=1S/C12H14BrNO3S/c1-18(16)5-4-14-12(15)10-7-17-11-3-2-8(13)6-9(10)11/h2-3,6,10H,4-5,7H2,1H3,(H,14,15)/t10-,18-/m0/s1. The summed E-state index contributed by atoms with van der Waals surface area (Å²) < 4.78 is 17.3. The third kappa shape index (κ3) is 3.11. The van der Waals surface area contributed by atoms with Crippen LogP contribution in [0.3, 0.4) is 0 Å². The minimum atomic E-state index is -0.886. The van der Waals surface area contributed by atoms with E-state index in [0.717, 1.165) is 15.8 Å². The average Bonchev–Trinajstić information content (AvgIpc) is 2.71. The molecule has 1 N–H and O–H groups in total. The number of fused-ring (bicyclic) bond motifs is 1. The van der Waals surface area contributed by atoms with Crippen molar-refractivity contribution < 1.29 is 13.7 Å². The summed E-state index contributed by atoms with van der Waals surface area (Å²) in [7, 11) is -0.886. The maximum atomic E-state index is 12.0. The van der Waals surface area contributed by atoms with Crippen molar-refractivity contribution >= 4 is 32.6 Å². The van der Waals surface area contributed by atoms with E-state index in [1.807, 2.05) is 18.2 Å². The molecule has 2 rings (SSSR count). The summed E-state index contributed by atoms with van der Waals surface area (Å²) in [5, 5.41) is 2.79. The van der Waals surface area contributed by atoms with E-state index in [2.05, 4.69) is 21.2 Å². The number of hydrogen-bond donors (Lipinski definition) is 1. The molecule has 2 atom stereocenters. The lowest BCUT2D eigenvalue weighted by atomic mass is 10.0. The van der Waals surface area contributed by atoms with Gasteiger partial charge in [-0.25, -0.2) is 0 Å². The van der Waals surface area contributed by atoms with Crippen molar-refractivity contribution in [3.63, 3.8) is 0 Å². The minimum Gasteiger partial charge on any atom is -0.492 e. The van der Waals surface area contributed by atoms with Crippen LogP contribution in [-0.4, -0.2) is 35.3 Å². The summed E-state index contributed by atoms with van der Waals surface area (Å²) in [5.74, 6) is 0.891. The summed E-state index contributed by atoms with van der Waals surface area (Å²) in [5.41, 5.74) is 0.902. The van der Waals surface area contributed by atoms with E-state index in [1.54, 1.807) is 6.26 Å². The van der Waals surface area contributed by atoms with Crippen molar-refractivity contribution in [2.75, 3.05) is 25.2 Å². The van der Waals surface area contributed by atoms with Gasteiger partial charge in [0, 0.05) is 39.4 Å². The Hall–Kier alpha value is -0.880. The lowest BCUT2D eigenvalue weighted by Gasteiger charge is -2.09. The molecule has 4 nitrogen and oxygen atoms in total. The number of nitrogens with one attached hydrogen (secondary N) is 1. The highest BCUT2D eigenvalue weighted by atomic mass is 79.9. The topological polar surface area (TPSA) is 55.4 Å². The lowest BCUT2D eigenvalue weighted by molar-refractivity contribution is -0.122. The van der Waals surface area contributed by atoms with Crippen LogP contribution in [-0.2, 0) is 15.6 Å². The molecule has 18 heavy (non-hydrogen) atoms. The SMILES string of the molecule is C[S@](=O)CCNC(=O)[C@H]1COc2ccc(Br)cc21. The van der Waals surface area contributed by atoms with Gasteiger partial charge in [-0.1, -0.05) is 15.9 Å². The number of benzene rings is 1. The van der Waals surface area contributed by atoms with Crippen molar-refractivity contribution in [3.8, 4) is 5.75 Å². The number of hydrogen-bond acceptors (Lipinski definition) is 3. The molecule has 1 aromatic rings. The van der Waals surface area contributed by atoms with Crippen LogP contribution in [0.15, 0.2) is 22.7 Å². The molecule has 1 aliphatic heterocycles. The second kappa shape index (κ2) is 5.84. The Morgan fingerprint density at radius 3 is 3.11 bits per heavy atom. The molecule has 0 spiro atoms. The Morgan fingerprint density at radius 1 is 1.61 bits per heavy atom. The zero-order valence-corrected chi connectivity index (χ0v) is 12.3. The van der Waals surface area contributed by atoms with Gasteiger partial charge in [-0.2, -0.15) is 0 Å². The third-order valence-electron chi connectivity index (χ3n) is 2.76. The maximum absolute atomic E-state index is 12.0. The highest BCUT2D eigenvalue weighted by Gasteiger charge is 2.30. The summed E-state index contributed by atoms with van der Waals surface area (Å²) in [4.78, 5) is 12.0. The zero-order chi connectivity index (χ0) is 13.1. The van der Waals surface area contributed by atoms with E-state index in [4.69, 9.17) is 4.74 Å².